The highest BCUT2D eigenvalue weighted by molar-refractivity contribution is 9.10. The third-order valence-electron chi connectivity index (χ3n) is 1.44. The quantitative estimate of drug-likeness (QED) is 0.823. The van der Waals surface area contributed by atoms with Crippen LogP contribution >= 0.6 is 27.3 Å². The van der Waals surface area contributed by atoms with Crippen LogP contribution in [0.5, 0.6) is 0 Å². The first-order valence-corrected chi connectivity index (χ1v) is 4.96. The number of halogens is 1. The van der Waals surface area contributed by atoms with Gasteiger partial charge in [0, 0.05) is 14.7 Å². The molecule has 0 bridgehead atoms. The van der Waals surface area contributed by atoms with Gasteiger partial charge < -0.3 is 10.8 Å². The zero-order valence-corrected chi connectivity index (χ0v) is 8.52. The fourth-order valence-electron chi connectivity index (χ4n) is 0.741. The topological polar surface area (TPSA) is 46.2 Å². The van der Waals surface area contributed by atoms with Crippen LogP contribution in [0.4, 0.5) is 0 Å². The second kappa shape index (κ2) is 3.67. The maximum Gasteiger partial charge on any atom is 0.0712 e. The molecule has 0 saturated heterocycles. The lowest BCUT2D eigenvalue weighted by molar-refractivity contribution is 0.165. The van der Waals surface area contributed by atoms with Crippen molar-refractivity contribution in [3.8, 4) is 0 Å². The zero-order valence-electron chi connectivity index (χ0n) is 6.12. The van der Waals surface area contributed by atoms with Gasteiger partial charge in [0.25, 0.3) is 0 Å². The molecule has 1 aromatic rings. The average molecular weight is 236 g/mol. The van der Waals surface area contributed by atoms with Gasteiger partial charge in [-0.25, -0.2) is 0 Å². The molecule has 0 radical (unpaired) electrons. The number of aliphatic hydroxyl groups is 1. The lowest BCUT2D eigenvalue weighted by Crippen LogP contribution is -2.21. The molecule has 0 spiro atoms. The van der Waals surface area contributed by atoms with Crippen LogP contribution in [-0.4, -0.2) is 11.2 Å². The molecule has 1 aromatic heterocycles. The highest BCUT2D eigenvalue weighted by Crippen LogP contribution is 2.25. The van der Waals surface area contributed by atoms with Crippen LogP contribution in [0.2, 0.25) is 0 Å². The molecule has 0 aliphatic carbocycles. The summed E-state index contributed by atoms with van der Waals surface area (Å²) in [6.45, 7) is 1.69. The number of rotatable bonds is 2. The van der Waals surface area contributed by atoms with Gasteiger partial charge in [0.15, 0.2) is 0 Å². The molecule has 0 saturated carbocycles. The van der Waals surface area contributed by atoms with E-state index in [4.69, 9.17) is 10.8 Å². The molecule has 2 nitrogen and oxygen atoms in total. The van der Waals surface area contributed by atoms with Crippen molar-refractivity contribution >= 4 is 27.3 Å². The summed E-state index contributed by atoms with van der Waals surface area (Å²) in [6.07, 6.45) is -0.486. The second-order valence-corrected chi connectivity index (χ2v) is 4.29. The summed E-state index contributed by atoms with van der Waals surface area (Å²) in [6, 6.07) is 1.67. The smallest absolute Gasteiger partial charge is 0.0712 e. The molecule has 0 fully saturated rings. The maximum absolute atomic E-state index is 9.15. The number of hydrogen-bond donors (Lipinski definition) is 2. The predicted molar refractivity (Wildman–Crippen MR) is 50.6 cm³/mol. The van der Waals surface area contributed by atoms with Crippen molar-refractivity contribution in [2.75, 3.05) is 0 Å². The van der Waals surface area contributed by atoms with Crippen LogP contribution in [0.1, 0.15) is 17.8 Å². The van der Waals surface area contributed by atoms with E-state index in [9.17, 15) is 0 Å². The summed E-state index contributed by atoms with van der Waals surface area (Å²) in [5, 5.41) is 11.1. The first-order valence-electron chi connectivity index (χ1n) is 3.29. The van der Waals surface area contributed by atoms with Crippen molar-refractivity contribution < 1.29 is 5.11 Å². The van der Waals surface area contributed by atoms with Gasteiger partial charge in [-0.15, -0.1) is 11.3 Å². The van der Waals surface area contributed by atoms with Gasteiger partial charge in [0.1, 0.15) is 0 Å². The lowest BCUT2D eigenvalue weighted by atomic mass is 10.2. The van der Waals surface area contributed by atoms with E-state index in [1.807, 2.05) is 11.4 Å². The molecule has 0 unspecified atom stereocenters. The molecule has 3 N–H and O–H groups in total. The van der Waals surface area contributed by atoms with Crippen LogP contribution in [0.15, 0.2) is 15.9 Å². The first kappa shape index (κ1) is 9.19. The second-order valence-electron chi connectivity index (χ2n) is 2.43. The van der Waals surface area contributed by atoms with Gasteiger partial charge in [-0.05, 0) is 28.9 Å². The van der Waals surface area contributed by atoms with E-state index >= 15 is 0 Å². The molecule has 0 aromatic carbocycles. The minimum Gasteiger partial charge on any atom is -0.391 e. The van der Waals surface area contributed by atoms with Crippen molar-refractivity contribution in [2.45, 2.75) is 19.1 Å². The number of hydrogen-bond acceptors (Lipinski definition) is 3. The van der Waals surface area contributed by atoms with E-state index in [2.05, 4.69) is 15.9 Å². The van der Waals surface area contributed by atoms with Crippen LogP contribution in [0.25, 0.3) is 0 Å². The van der Waals surface area contributed by atoms with Crippen LogP contribution in [-0.2, 0) is 0 Å². The monoisotopic (exact) mass is 235 g/mol. The third kappa shape index (κ3) is 2.27. The summed E-state index contributed by atoms with van der Waals surface area (Å²) in [7, 11) is 0. The fourth-order valence-corrected chi connectivity index (χ4v) is 2.29. The maximum atomic E-state index is 9.15. The van der Waals surface area contributed by atoms with Gasteiger partial charge in [-0.2, -0.15) is 0 Å². The van der Waals surface area contributed by atoms with E-state index < -0.39 is 6.10 Å². The van der Waals surface area contributed by atoms with Gasteiger partial charge in [-0.3, -0.25) is 0 Å². The Kier molecular flexibility index (Phi) is 3.06. The highest BCUT2D eigenvalue weighted by atomic mass is 79.9. The Labute approximate surface area is 78.2 Å². The van der Waals surface area contributed by atoms with Gasteiger partial charge in [0.2, 0.25) is 0 Å². The molecule has 0 aliphatic heterocycles. The Morgan fingerprint density at radius 3 is 2.73 bits per heavy atom. The SMILES string of the molecule is C[C@H](O)[C@H](N)c1cc(Br)cs1. The molecular formula is C7H10BrNOS. The number of nitrogens with two attached hydrogens (primary N) is 1. The average Bonchev–Trinajstić information content (AvgIpc) is 2.34. The van der Waals surface area contributed by atoms with Crippen molar-refractivity contribution in [1.29, 1.82) is 0 Å². The zero-order chi connectivity index (χ0) is 8.43. The normalized spacial score (nSPS) is 16.4. The van der Waals surface area contributed by atoms with Crippen molar-refractivity contribution in [3.63, 3.8) is 0 Å². The van der Waals surface area contributed by atoms with Crippen LogP contribution < -0.4 is 5.73 Å². The molecular weight excluding hydrogens is 226 g/mol. The molecule has 0 aliphatic rings. The van der Waals surface area contributed by atoms with Gasteiger partial charge in [0.05, 0.1) is 12.1 Å². The van der Waals surface area contributed by atoms with E-state index in [0.29, 0.717) is 0 Å². The molecule has 2 atom stereocenters. The van der Waals surface area contributed by atoms with E-state index in [1.54, 1.807) is 18.3 Å². The Hall–Kier alpha value is 0.1000. The number of aliphatic hydroxyl groups excluding tert-OH is 1. The standard InChI is InChI=1S/C7H10BrNOS/c1-4(10)7(9)6-2-5(8)3-11-6/h2-4,7,10H,9H2,1H3/t4-,7-/m0/s1. The molecule has 1 rings (SSSR count). The third-order valence-corrected chi connectivity index (χ3v) is 3.23. The Bertz CT molecular complexity index is 236. The molecule has 0 amide bonds. The largest absolute Gasteiger partial charge is 0.391 e. The molecule has 4 heteroatoms. The highest BCUT2D eigenvalue weighted by Gasteiger charge is 2.13. The predicted octanol–water partition coefficient (Wildman–Crippen LogP) is 1.89. The van der Waals surface area contributed by atoms with E-state index in [1.165, 1.54) is 0 Å². The van der Waals surface area contributed by atoms with Crippen molar-refractivity contribution in [1.82, 2.24) is 0 Å². The van der Waals surface area contributed by atoms with Crippen LogP contribution in [0.3, 0.4) is 0 Å². The lowest BCUT2D eigenvalue weighted by Gasteiger charge is -2.11. The summed E-state index contributed by atoms with van der Waals surface area (Å²) in [5.74, 6) is 0. The minimum absolute atomic E-state index is 0.258. The molecule has 62 valence electrons. The Morgan fingerprint density at radius 2 is 2.36 bits per heavy atom. The van der Waals surface area contributed by atoms with Crippen molar-refractivity contribution in [3.05, 3.63) is 20.8 Å². The fraction of sp³-hybridized carbons (Fsp3) is 0.429. The summed E-state index contributed by atoms with van der Waals surface area (Å²) in [4.78, 5) is 1.01. The van der Waals surface area contributed by atoms with Crippen LogP contribution in [0, 0.1) is 0 Å². The summed E-state index contributed by atoms with van der Waals surface area (Å²) >= 11 is 4.88. The summed E-state index contributed by atoms with van der Waals surface area (Å²) < 4.78 is 1.02. The Balaban J connectivity index is 2.76. The minimum atomic E-state index is -0.486. The van der Waals surface area contributed by atoms with Gasteiger partial charge in [-0.1, -0.05) is 0 Å². The first-order chi connectivity index (χ1) is 5.11. The van der Waals surface area contributed by atoms with E-state index in [-0.39, 0.29) is 6.04 Å². The molecule has 11 heavy (non-hydrogen) atoms. The molecule has 1 heterocycles. The Morgan fingerprint density at radius 1 is 1.73 bits per heavy atom. The van der Waals surface area contributed by atoms with Crippen molar-refractivity contribution in [2.24, 2.45) is 5.73 Å². The van der Waals surface area contributed by atoms with E-state index in [0.717, 1.165) is 9.35 Å². The summed E-state index contributed by atoms with van der Waals surface area (Å²) in [5.41, 5.74) is 5.69. The van der Waals surface area contributed by atoms with Gasteiger partial charge >= 0.3 is 0 Å². The number of thiophene rings is 1.